The van der Waals surface area contributed by atoms with Crippen LogP contribution in [0, 0.1) is 0 Å². The summed E-state index contributed by atoms with van der Waals surface area (Å²) < 4.78 is 4.86. The number of carbonyl (C=O) groups is 2. The third kappa shape index (κ3) is 1.52. The van der Waals surface area contributed by atoms with Gasteiger partial charge in [0.25, 0.3) is 0 Å². The van der Waals surface area contributed by atoms with Crippen molar-refractivity contribution >= 4 is 23.0 Å². The zero-order chi connectivity index (χ0) is 11.0. The van der Waals surface area contributed by atoms with Crippen molar-refractivity contribution in [2.75, 3.05) is 0 Å². The van der Waals surface area contributed by atoms with Crippen LogP contribution in [0.2, 0.25) is 0 Å². The van der Waals surface area contributed by atoms with Gasteiger partial charge in [-0.15, -0.1) is 0 Å². The van der Waals surface area contributed by atoms with Crippen molar-refractivity contribution in [2.45, 2.75) is 0 Å². The summed E-state index contributed by atoms with van der Waals surface area (Å²) in [6.07, 6.45) is 0. The van der Waals surface area contributed by atoms with Gasteiger partial charge in [-0.05, 0) is 18.2 Å². The minimum absolute atomic E-state index is 0.0349. The number of aromatic carboxylic acids is 2. The van der Waals surface area contributed by atoms with Crippen LogP contribution in [0.15, 0.2) is 22.6 Å². The number of aromatic nitrogens is 1. The molecule has 1 aromatic heterocycles. The highest BCUT2D eigenvalue weighted by molar-refractivity contribution is 5.93. The maximum Gasteiger partial charge on any atom is 0.392 e. The fraction of sp³-hybridized carbons (Fsp3) is 0. The third-order valence-corrected chi connectivity index (χ3v) is 1.82. The van der Waals surface area contributed by atoms with Gasteiger partial charge in [0.15, 0.2) is 5.58 Å². The van der Waals surface area contributed by atoms with Gasteiger partial charge < -0.3 is 14.6 Å². The number of fused-ring (bicyclic) bond motifs is 1. The Kier molecular flexibility index (Phi) is 1.89. The third-order valence-electron chi connectivity index (χ3n) is 1.82. The molecule has 0 spiro atoms. The summed E-state index contributed by atoms with van der Waals surface area (Å²) in [7, 11) is 0. The number of carboxylic acids is 2. The molecular weight excluding hydrogens is 202 g/mol. The molecule has 15 heavy (non-hydrogen) atoms. The van der Waals surface area contributed by atoms with E-state index in [9.17, 15) is 9.59 Å². The normalized spacial score (nSPS) is 10.4. The number of hydrogen-bond acceptors (Lipinski definition) is 4. The lowest BCUT2D eigenvalue weighted by Crippen LogP contribution is -1.96. The minimum atomic E-state index is -1.29. The van der Waals surface area contributed by atoms with Crippen LogP contribution >= 0.6 is 0 Å². The van der Waals surface area contributed by atoms with Crippen molar-refractivity contribution in [2.24, 2.45) is 0 Å². The molecule has 2 aromatic rings. The summed E-state index contributed by atoms with van der Waals surface area (Å²) >= 11 is 0. The van der Waals surface area contributed by atoms with Crippen molar-refractivity contribution in [3.8, 4) is 0 Å². The van der Waals surface area contributed by atoms with E-state index in [-0.39, 0.29) is 16.7 Å². The molecule has 0 bridgehead atoms. The number of oxazole rings is 1. The lowest BCUT2D eigenvalue weighted by atomic mass is 10.2. The Balaban J connectivity index is 2.62. The zero-order valence-electron chi connectivity index (χ0n) is 7.30. The Morgan fingerprint density at radius 2 is 1.93 bits per heavy atom. The van der Waals surface area contributed by atoms with E-state index in [1.807, 2.05) is 0 Å². The summed E-state index contributed by atoms with van der Waals surface area (Å²) in [5, 5.41) is 17.3. The van der Waals surface area contributed by atoms with Crippen LogP contribution in [0.1, 0.15) is 21.0 Å². The van der Waals surface area contributed by atoms with E-state index in [1.165, 1.54) is 18.2 Å². The quantitative estimate of drug-likeness (QED) is 0.767. The van der Waals surface area contributed by atoms with Gasteiger partial charge in [-0.25, -0.2) is 14.6 Å². The van der Waals surface area contributed by atoms with Crippen LogP contribution in [0.4, 0.5) is 0 Å². The van der Waals surface area contributed by atoms with E-state index in [0.717, 1.165) is 0 Å². The van der Waals surface area contributed by atoms with Crippen LogP contribution in [-0.4, -0.2) is 27.1 Å². The van der Waals surface area contributed by atoms with E-state index in [0.29, 0.717) is 0 Å². The van der Waals surface area contributed by atoms with Crippen LogP contribution in [0.3, 0.4) is 0 Å². The van der Waals surface area contributed by atoms with E-state index >= 15 is 0 Å². The molecule has 0 unspecified atom stereocenters. The molecule has 0 fully saturated rings. The fourth-order valence-electron chi connectivity index (χ4n) is 1.15. The first kappa shape index (κ1) is 9.20. The highest BCUT2D eigenvalue weighted by Crippen LogP contribution is 2.17. The van der Waals surface area contributed by atoms with E-state index in [4.69, 9.17) is 14.6 Å². The summed E-state index contributed by atoms with van der Waals surface area (Å²) in [6.45, 7) is 0. The number of benzene rings is 1. The van der Waals surface area contributed by atoms with Crippen molar-refractivity contribution in [1.29, 1.82) is 0 Å². The fourth-order valence-corrected chi connectivity index (χ4v) is 1.15. The first-order valence-electron chi connectivity index (χ1n) is 3.95. The Bertz CT molecular complexity index is 545. The van der Waals surface area contributed by atoms with Gasteiger partial charge in [0, 0.05) is 0 Å². The topological polar surface area (TPSA) is 101 Å². The zero-order valence-corrected chi connectivity index (χ0v) is 7.30. The maximum atomic E-state index is 10.6. The Morgan fingerprint density at radius 1 is 1.20 bits per heavy atom. The second-order valence-electron chi connectivity index (χ2n) is 2.81. The molecule has 1 aromatic carbocycles. The Labute approximate surface area is 82.8 Å². The van der Waals surface area contributed by atoms with Gasteiger partial charge >= 0.3 is 17.8 Å². The second-order valence-corrected chi connectivity index (χ2v) is 2.81. The first-order valence-corrected chi connectivity index (χ1v) is 3.95. The lowest BCUT2D eigenvalue weighted by Gasteiger charge is -1.90. The molecular formula is C9H5NO5. The summed E-state index contributed by atoms with van der Waals surface area (Å²) in [5.41, 5.74) is 0.498. The van der Waals surface area contributed by atoms with Crippen molar-refractivity contribution in [1.82, 2.24) is 4.98 Å². The van der Waals surface area contributed by atoms with Gasteiger partial charge in [0.05, 0.1) is 5.56 Å². The molecule has 2 N–H and O–H groups in total. The molecule has 1 heterocycles. The van der Waals surface area contributed by atoms with Crippen molar-refractivity contribution in [3.63, 3.8) is 0 Å². The molecule has 0 aliphatic heterocycles. The predicted molar refractivity (Wildman–Crippen MR) is 47.9 cm³/mol. The summed E-state index contributed by atoms with van der Waals surface area (Å²) in [5.74, 6) is -2.84. The lowest BCUT2D eigenvalue weighted by molar-refractivity contribution is 0.0654. The molecule has 0 amide bonds. The molecule has 0 radical (unpaired) electrons. The second kappa shape index (κ2) is 3.09. The average Bonchev–Trinajstić information content (AvgIpc) is 2.59. The molecule has 0 saturated heterocycles. The highest BCUT2D eigenvalue weighted by Gasteiger charge is 2.13. The number of hydrogen-bond donors (Lipinski definition) is 2. The molecule has 6 heteroatoms. The average molecular weight is 207 g/mol. The molecule has 0 atom stereocenters. The van der Waals surface area contributed by atoms with Crippen molar-refractivity contribution in [3.05, 3.63) is 29.7 Å². The number of carboxylic acid groups (broad SMARTS) is 2. The molecule has 0 aliphatic carbocycles. The molecule has 6 nitrogen and oxygen atoms in total. The number of nitrogens with zero attached hydrogens (tertiary/aromatic N) is 1. The highest BCUT2D eigenvalue weighted by atomic mass is 16.4. The maximum absolute atomic E-state index is 10.6. The monoisotopic (exact) mass is 207 g/mol. The minimum Gasteiger partial charge on any atom is -0.478 e. The van der Waals surface area contributed by atoms with Crippen molar-refractivity contribution < 1.29 is 24.2 Å². The van der Waals surface area contributed by atoms with Crippen LogP contribution < -0.4 is 0 Å². The Hall–Kier alpha value is -2.37. The van der Waals surface area contributed by atoms with Crippen LogP contribution in [0.5, 0.6) is 0 Å². The summed E-state index contributed by atoms with van der Waals surface area (Å²) in [4.78, 5) is 24.8. The van der Waals surface area contributed by atoms with E-state index in [1.54, 1.807) is 0 Å². The largest absolute Gasteiger partial charge is 0.478 e. The molecule has 0 saturated carbocycles. The smallest absolute Gasteiger partial charge is 0.392 e. The summed E-state index contributed by atoms with van der Waals surface area (Å²) in [6, 6.07) is 3.95. The van der Waals surface area contributed by atoms with Crippen LogP contribution in [0.25, 0.3) is 11.1 Å². The van der Waals surface area contributed by atoms with Crippen LogP contribution in [-0.2, 0) is 0 Å². The first-order chi connectivity index (χ1) is 7.08. The van der Waals surface area contributed by atoms with Gasteiger partial charge in [-0.3, -0.25) is 0 Å². The van der Waals surface area contributed by atoms with E-state index in [2.05, 4.69) is 4.98 Å². The number of rotatable bonds is 2. The van der Waals surface area contributed by atoms with Gasteiger partial charge in [-0.2, -0.15) is 0 Å². The predicted octanol–water partition coefficient (Wildman–Crippen LogP) is 1.22. The molecule has 0 aliphatic rings. The van der Waals surface area contributed by atoms with Gasteiger partial charge in [-0.1, -0.05) is 0 Å². The molecule has 2 rings (SSSR count). The SMILES string of the molecule is O=C(O)c1ccc2oc(C(=O)O)nc2c1. The van der Waals surface area contributed by atoms with E-state index < -0.39 is 17.8 Å². The van der Waals surface area contributed by atoms with Gasteiger partial charge in [0.1, 0.15) is 5.52 Å². The standard InChI is InChI=1S/C9H5NO5/c11-8(12)4-1-2-6-5(3-4)10-7(15-6)9(13)14/h1-3H,(H,11,12)(H,13,14). The Morgan fingerprint density at radius 3 is 2.53 bits per heavy atom. The molecule has 76 valence electrons. The van der Waals surface area contributed by atoms with Gasteiger partial charge in [0.2, 0.25) is 0 Å².